The van der Waals surface area contributed by atoms with Gasteiger partial charge in [0.05, 0.1) is 0 Å². The summed E-state index contributed by atoms with van der Waals surface area (Å²) in [7, 11) is -2.59. The SMILES string of the molecule is C[Si](C)(C)OCCSCCO[Si](C)(C)C. The van der Waals surface area contributed by atoms with Crippen molar-refractivity contribution in [2.24, 2.45) is 0 Å². The third kappa shape index (κ3) is 14.7. The molecule has 0 aromatic rings. The first-order valence-electron chi connectivity index (χ1n) is 5.56. The summed E-state index contributed by atoms with van der Waals surface area (Å²) in [6.07, 6.45) is 0. The minimum atomic E-state index is -1.29. The van der Waals surface area contributed by atoms with Gasteiger partial charge in [-0.3, -0.25) is 0 Å². The van der Waals surface area contributed by atoms with Gasteiger partial charge in [-0.1, -0.05) is 0 Å². The first kappa shape index (κ1) is 15.7. The highest BCUT2D eigenvalue weighted by Gasteiger charge is 2.14. The van der Waals surface area contributed by atoms with E-state index in [4.69, 9.17) is 8.85 Å². The van der Waals surface area contributed by atoms with Crippen molar-refractivity contribution in [3.63, 3.8) is 0 Å². The zero-order valence-corrected chi connectivity index (χ0v) is 13.9. The van der Waals surface area contributed by atoms with Crippen LogP contribution in [-0.2, 0) is 8.85 Å². The van der Waals surface area contributed by atoms with Gasteiger partial charge in [0.15, 0.2) is 16.6 Å². The van der Waals surface area contributed by atoms with E-state index in [0.717, 1.165) is 24.7 Å². The lowest BCUT2D eigenvalue weighted by molar-refractivity contribution is 0.334. The van der Waals surface area contributed by atoms with Crippen LogP contribution in [0.2, 0.25) is 39.3 Å². The van der Waals surface area contributed by atoms with E-state index in [1.807, 2.05) is 11.8 Å². The summed E-state index contributed by atoms with van der Waals surface area (Å²) >= 11 is 1.93. The molecule has 0 fully saturated rings. The van der Waals surface area contributed by atoms with Crippen LogP contribution in [0, 0.1) is 0 Å². The van der Waals surface area contributed by atoms with Crippen molar-refractivity contribution in [2.45, 2.75) is 39.3 Å². The summed E-state index contributed by atoms with van der Waals surface area (Å²) in [6.45, 7) is 15.2. The smallest absolute Gasteiger partial charge is 0.183 e. The minimum absolute atomic E-state index is 0.896. The van der Waals surface area contributed by atoms with E-state index in [1.54, 1.807) is 0 Å². The Hall–Kier alpha value is 0.704. The summed E-state index contributed by atoms with van der Waals surface area (Å²) in [4.78, 5) is 0. The Morgan fingerprint density at radius 3 is 1.33 bits per heavy atom. The van der Waals surface area contributed by atoms with Crippen molar-refractivity contribution in [3.8, 4) is 0 Å². The predicted octanol–water partition coefficient (Wildman–Crippen LogP) is 3.42. The van der Waals surface area contributed by atoms with E-state index >= 15 is 0 Å². The van der Waals surface area contributed by atoms with E-state index in [-0.39, 0.29) is 0 Å². The van der Waals surface area contributed by atoms with Crippen molar-refractivity contribution in [3.05, 3.63) is 0 Å². The lowest BCUT2D eigenvalue weighted by Gasteiger charge is -2.18. The molecule has 0 aliphatic heterocycles. The van der Waals surface area contributed by atoms with Gasteiger partial charge in [0, 0.05) is 24.7 Å². The summed E-state index contributed by atoms with van der Waals surface area (Å²) < 4.78 is 11.5. The molecule has 0 N–H and O–H groups in total. The van der Waals surface area contributed by atoms with Gasteiger partial charge < -0.3 is 8.85 Å². The van der Waals surface area contributed by atoms with Crippen LogP contribution in [0.1, 0.15) is 0 Å². The second-order valence-electron chi connectivity index (χ2n) is 5.53. The molecule has 0 aliphatic carbocycles. The number of rotatable bonds is 8. The van der Waals surface area contributed by atoms with Crippen LogP contribution in [0.25, 0.3) is 0 Å². The van der Waals surface area contributed by atoms with Crippen LogP contribution in [0.3, 0.4) is 0 Å². The number of hydrogen-bond acceptors (Lipinski definition) is 3. The Balaban J connectivity index is 3.20. The van der Waals surface area contributed by atoms with Gasteiger partial charge >= 0.3 is 0 Å². The molecule has 0 saturated carbocycles. The quantitative estimate of drug-likeness (QED) is 0.495. The molecule has 0 atom stereocenters. The van der Waals surface area contributed by atoms with Gasteiger partial charge in [-0.25, -0.2) is 0 Å². The third-order valence-corrected chi connectivity index (χ3v) is 4.58. The second kappa shape index (κ2) is 7.11. The lowest BCUT2D eigenvalue weighted by atomic mass is 10.9. The van der Waals surface area contributed by atoms with E-state index in [2.05, 4.69) is 39.3 Å². The molecule has 0 saturated heterocycles. The first-order valence-corrected chi connectivity index (χ1v) is 13.5. The predicted molar refractivity (Wildman–Crippen MR) is 75.9 cm³/mol. The minimum Gasteiger partial charge on any atom is -0.417 e. The largest absolute Gasteiger partial charge is 0.417 e. The van der Waals surface area contributed by atoms with Crippen LogP contribution in [0.5, 0.6) is 0 Å². The van der Waals surface area contributed by atoms with Crippen LogP contribution in [0.15, 0.2) is 0 Å². The van der Waals surface area contributed by atoms with Crippen molar-refractivity contribution in [2.75, 3.05) is 24.7 Å². The maximum absolute atomic E-state index is 5.76. The molecule has 0 aromatic carbocycles. The summed E-state index contributed by atoms with van der Waals surface area (Å²) in [5.41, 5.74) is 0. The highest BCUT2D eigenvalue weighted by atomic mass is 32.2. The van der Waals surface area contributed by atoms with E-state index in [9.17, 15) is 0 Å². The average molecular weight is 267 g/mol. The Morgan fingerprint density at radius 1 is 0.733 bits per heavy atom. The standard InChI is InChI=1S/C10H26O2SSi2/c1-14(2,3)11-7-9-13-10-8-12-15(4,5)6/h7-10H2,1-6H3. The van der Waals surface area contributed by atoms with E-state index < -0.39 is 16.6 Å². The molecule has 2 nitrogen and oxygen atoms in total. The van der Waals surface area contributed by atoms with Gasteiger partial charge in [-0.05, 0) is 39.3 Å². The number of hydrogen-bond donors (Lipinski definition) is 0. The average Bonchev–Trinajstić information content (AvgIpc) is 1.98. The van der Waals surface area contributed by atoms with Crippen LogP contribution in [-0.4, -0.2) is 41.4 Å². The van der Waals surface area contributed by atoms with Gasteiger partial charge in [-0.15, -0.1) is 0 Å². The summed E-state index contributed by atoms with van der Waals surface area (Å²) in [6, 6.07) is 0. The van der Waals surface area contributed by atoms with Gasteiger partial charge in [0.1, 0.15) is 0 Å². The van der Waals surface area contributed by atoms with Crippen LogP contribution < -0.4 is 0 Å². The maximum atomic E-state index is 5.76. The fraction of sp³-hybridized carbons (Fsp3) is 1.00. The molecule has 0 radical (unpaired) electrons. The number of thioether (sulfide) groups is 1. The Bertz CT molecular complexity index is 146. The molecule has 0 rings (SSSR count). The fourth-order valence-electron chi connectivity index (χ4n) is 0.916. The lowest BCUT2D eigenvalue weighted by Crippen LogP contribution is -2.27. The van der Waals surface area contributed by atoms with Crippen LogP contribution in [0.4, 0.5) is 0 Å². The fourth-order valence-corrected chi connectivity index (χ4v) is 3.25. The molecule has 15 heavy (non-hydrogen) atoms. The molecule has 0 heterocycles. The van der Waals surface area contributed by atoms with Crippen molar-refractivity contribution < 1.29 is 8.85 Å². The summed E-state index contributed by atoms with van der Waals surface area (Å²) in [5, 5.41) is 0. The van der Waals surface area contributed by atoms with Crippen molar-refractivity contribution in [1.29, 1.82) is 0 Å². The Kier molecular flexibility index (Phi) is 7.45. The molecule has 5 heteroatoms. The highest BCUT2D eigenvalue weighted by molar-refractivity contribution is 7.99. The molecule has 0 aliphatic rings. The molecule has 0 spiro atoms. The molecular weight excluding hydrogens is 240 g/mol. The normalized spacial score (nSPS) is 13.2. The summed E-state index contributed by atoms with van der Waals surface area (Å²) in [5.74, 6) is 2.19. The molecule has 92 valence electrons. The molecule has 0 aromatic heterocycles. The maximum Gasteiger partial charge on any atom is 0.183 e. The van der Waals surface area contributed by atoms with Crippen molar-refractivity contribution >= 4 is 28.4 Å². The second-order valence-corrected chi connectivity index (χ2v) is 15.8. The van der Waals surface area contributed by atoms with Gasteiger partial charge in [0.2, 0.25) is 0 Å². The third-order valence-electron chi connectivity index (χ3n) is 1.53. The molecule has 0 amide bonds. The topological polar surface area (TPSA) is 18.5 Å². The molecule has 0 bridgehead atoms. The van der Waals surface area contributed by atoms with Crippen molar-refractivity contribution in [1.82, 2.24) is 0 Å². The van der Waals surface area contributed by atoms with Crippen LogP contribution >= 0.6 is 11.8 Å². The van der Waals surface area contributed by atoms with E-state index in [1.165, 1.54) is 0 Å². The zero-order valence-electron chi connectivity index (χ0n) is 11.1. The first-order chi connectivity index (χ1) is 6.71. The zero-order chi connectivity index (χ0) is 11.9. The van der Waals surface area contributed by atoms with Gasteiger partial charge in [0.25, 0.3) is 0 Å². The Morgan fingerprint density at radius 2 is 1.07 bits per heavy atom. The van der Waals surface area contributed by atoms with Gasteiger partial charge in [-0.2, -0.15) is 11.8 Å². The Labute approximate surface area is 101 Å². The molecule has 0 unspecified atom stereocenters. The monoisotopic (exact) mass is 266 g/mol. The highest BCUT2D eigenvalue weighted by Crippen LogP contribution is 2.07. The molecular formula is C10H26O2SSi2. The van der Waals surface area contributed by atoms with E-state index in [0.29, 0.717) is 0 Å².